The van der Waals surface area contributed by atoms with Gasteiger partial charge in [0.25, 0.3) is 0 Å². The molecule has 0 saturated carbocycles. The zero-order valence-corrected chi connectivity index (χ0v) is 43.3. The first kappa shape index (κ1) is 52.5. The van der Waals surface area contributed by atoms with E-state index in [9.17, 15) is 14.4 Å². The summed E-state index contributed by atoms with van der Waals surface area (Å²) in [4.78, 5) is 53.1. The molecule has 378 valence electrons. The first-order valence-electron chi connectivity index (χ1n) is 23.1. The summed E-state index contributed by atoms with van der Waals surface area (Å²) >= 11 is 2.59. The molecule has 0 spiro atoms. The summed E-state index contributed by atoms with van der Waals surface area (Å²) in [6, 6.07) is 1.81. The maximum atomic E-state index is 17.7. The summed E-state index contributed by atoms with van der Waals surface area (Å²) < 4.78 is 108. The Morgan fingerprint density at radius 1 is 0.884 bits per heavy atom. The third-order valence-electron chi connectivity index (χ3n) is 11.7. The normalized spacial score (nSPS) is 19.1. The zero-order chi connectivity index (χ0) is 50.4. The maximum absolute atomic E-state index is 17.7. The van der Waals surface area contributed by atoms with Gasteiger partial charge in [0.15, 0.2) is 5.82 Å². The SMILES string of the molecule is CC(C)(C)OC(=O)CCOCCCN1CCC[C@H]1COc1nc(N2CC3CCC(C2)N3C(=O)OC(C)(C)C)c2cc(C(F)(F)F)c(-c3ccc(F)c4sc(NC(=O)OC(C)(C)C)c(I)c34)c(F)c2n1. The van der Waals surface area contributed by atoms with E-state index in [1.54, 1.807) is 94.7 Å². The number of thiophene rings is 1. The molecular weight excluding hydrogens is 1040 g/mol. The van der Waals surface area contributed by atoms with Crippen molar-refractivity contribution >= 4 is 83.9 Å². The van der Waals surface area contributed by atoms with Crippen LogP contribution in [-0.4, -0.2) is 119 Å². The van der Waals surface area contributed by atoms with Crippen molar-refractivity contribution in [1.29, 1.82) is 0 Å². The molecule has 7 rings (SSSR count). The maximum Gasteiger partial charge on any atom is 0.417 e. The minimum atomic E-state index is -5.12. The number of nitrogens with zero attached hydrogens (tertiary/aromatic N) is 5. The molecule has 5 heterocycles. The van der Waals surface area contributed by atoms with Crippen molar-refractivity contribution in [3.8, 4) is 17.1 Å². The minimum absolute atomic E-state index is 0.0108. The van der Waals surface area contributed by atoms with Gasteiger partial charge in [0, 0.05) is 48.6 Å². The molecule has 3 aliphatic heterocycles. The van der Waals surface area contributed by atoms with Crippen molar-refractivity contribution in [2.24, 2.45) is 0 Å². The van der Waals surface area contributed by atoms with Crippen molar-refractivity contribution in [1.82, 2.24) is 19.8 Å². The fourth-order valence-electron chi connectivity index (χ4n) is 9.06. The smallest absolute Gasteiger partial charge is 0.417 e. The molecule has 2 amide bonds. The highest BCUT2D eigenvalue weighted by Crippen LogP contribution is 2.49. The number of amides is 2. The Labute approximate surface area is 416 Å². The van der Waals surface area contributed by atoms with E-state index in [0.29, 0.717) is 32.4 Å². The number of likely N-dealkylation sites (tertiary alicyclic amines) is 1. The number of benzene rings is 2. The molecule has 3 saturated heterocycles. The molecular formula is C48H60F5IN6O8S. The van der Waals surface area contributed by atoms with Gasteiger partial charge in [0.05, 0.1) is 38.9 Å². The van der Waals surface area contributed by atoms with Crippen LogP contribution >= 0.6 is 33.9 Å². The summed E-state index contributed by atoms with van der Waals surface area (Å²) in [5.74, 6) is -2.43. The van der Waals surface area contributed by atoms with E-state index in [1.807, 2.05) is 0 Å². The molecule has 3 atom stereocenters. The number of carbonyl (C=O) groups excluding carboxylic acids is 3. The van der Waals surface area contributed by atoms with Gasteiger partial charge in [-0.15, -0.1) is 11.3 Å². The van der Waals surface area contributed by atoms with Crippen LogP contribution in [0.15, 0.2) is 18.2 Å². The Kier molecular flexibility index (Phi) is 15.5. The van der Waals surface area contributed by atoms with Gasteiger partial charge in [-0.1, -0.05) is 6.07 Å². The van der Waals surface area contributed by atoms with Crippen molar-refractivity contribution in [3.63, 3.8) is 0 Å². The Balaban J connectivity index is 1.24. The molecule has 69 heavy (non-hydrogen) atoms. The number of rotatable bonds is 13. The van der Waals surface area contributed by atoms with Crippen molar-refractivity contribution in [3.05, 3.63) is 39.0 Å². The summed E-state index contributed by atoms with van der Waals surface area (Å²) in [7, 11) is 0. The molecule has 21 heteroatoms. The second-order valence-electron chi connectivity index (χ2n) is 20.6. The standard InChI is InChI=1S/C48H60F5IN6O8S/c1-45(2,3)66-33(61)17-21-64-20-11-19-58-18-10-12-28(58)25-65-42-55-38-30(40(56-42)59-23-26-13-14-27(24-59)60(26)44(63)68-47(7,8)9)22-31(48(51,52)53)34(36(38)50)29-15-16-32(49)39-35(29)37(54)41(69-39)57-43(62)67-46(4,5)6/h15-16,22,26-28H,10-14,17-21,23-25H2,1-9H3,(H,57,62)/t26?,27?,28-/m0/s1. The molecule has 2 bridgehead atoms. The largest absolute Gasteiger partial charge is 0.462 e. The van der Waals surface area contributed by atoms with Gasteiger partial charge >= 0.3 is 30.3 Å². The molecule has 3 fully saturated rings. The van der Waals surface area contributed by atoms with E-state index in [1.165, 1.54) is 0 Å². The molecule has 1 N–H and O–H groups in total. The van der Waals surface area contributed by atoms with E-state index in [-0.39, 0.29) is 98.3 Å². The molecule has 4 aromatic rings. The molecule has 14 nitrogen and oxygen atoms in total. The van der Waals surface area contributed by atoms with Gasteiger partial charge in [-0.3, -0.25) is 19.9 Å². The van der Waals surface area contributed by atoms with Crippen molar-refractivity contribution < 1.29 is 60.0 Å². The lowest BCUT2D eigenvalue weighted by Crippen LogP contribution is -2.57. The highest BCUT2D eigenvalue weighted by molar-refractivity contribution is 14.1. The van der Waals surface area contributed by atoms with E-state index < -0.39 is 63.4 Å². The van der Waals surface area contributed by atoms with Gasteiger partial charge in [-0.2, -0.15) is 23.1 Å². The second kappa shape index (κ2) is 20.4. The quantitative estimate of drug-likeness (QED) is 0.0447. The minimum Gasteiger partial charge on any atom is -0.462 e. The van der Waals surface area contributed by atoms with Crippen LogP contribution < -0.4 is 15.0 Å². The Hall–Kier alpha value is -4.35. The predicted molar refractivity (Wildman–Crippen MR) is 261 cm³/mol. The van der Waals surface area contributed by atoms with E-state index >= 15 is 22.0 Å². The number of aromatic nitrogens is 2. The van der Waals surface area contributed by atoms with Crippen LogP contribution in [0.2, 0.25) is 0 Å². The number of carbonyl (C=O) groups is 3. The highest BCUT2D eigenvalue weighted by atomic mass is 127. The number of esters is 1. The number of ether oxygens (including phenoxy) is 5. The summed E-state index contributed by atoms with van der Waals surface area (Å²) in [6.45, 7) is 18.2. The fraction of sp³-hybridized carbons (Fsp3) is 0.604. The summed E-state index contributed by atoms with van der Waals surface area (Å²) in [5.41, 5.74) is -5.13. The topological polar surface area (TPSA) is 145 Å². The van der Waals surface area contributed by atoms with Crippen LogP contribution in [0.1, 0.15) is 106 Å². The average molecular weight is 1100 g/mol. The first-order chi connectivity index (χ1) is 32.2. The number of hydrogen-bond donors (Lipinski definition) is 1. The van der Waals surface area contributed by atoms with E-state index in [4.69, 9.17) is 28.7 Å². The van der Waals surface area contributed by atoms with Crippen LogP contribution in [0.3, 0.4) is 0 Å². The van der Waals surface area contributed by atoms with E-state index in [0.717, 1.165) is 48.9 Å². The predicted octanol–water partition coefficient (Wildman–Crippen LogP) is 11.3. The van der Waals surface area contributed by atoms with Gasteiger partial charge in [-0.05, 0) is 141 Å². The van der Waals surface area contributed by atoms with Crippen LogP contribution in [-0.2, 0) is 29.9 Å². The number of hydrogen-bond acceptors (Lipinski definition) is 13. The lowest BCUT2D eigenvalue weighted by molar-refractivity contribution is -0.156. The van der Waals surface area contributed by atoms with Gasteiger partial charge in [0.1, 0.15) is 45.6 Å². The summed E-state index contributed by atoms with van der Waals surface area (Å²) in [5, 5.41) is 2.42. The molecule has 0 radical (unpaired) electrons. The van der Waals surface area contributed by atoms with E-state index in [2.05, 4.69) is 15.2 Å². The highest BCUT2D eigenvalue weighted by Gasteiger charge is 2.46. The molecule has 2 aromatic carbocycles. The third-order valence-corrected chi connectivity index (χ3v) is 14.3. The average Bonchev–Trinajstić information content (AvgIpc) is 3.89. The Morgan fingerprint density at radius 2 is 1.55 bits per heavy atom. The van der Waals surface area contributed by atoms with Crippen LogP contribution in [0.5, 0.6) is 6.01 Å². The van der Waals surface area contributed by atoms with Crippen LogP contribution in [0.25, 0.3) is 32.1 Å². The Bertz CT molecular complexity index is 2560. The number of anilines is 2. The number of nitrogens with one attached hydrogen (secondary N) is 1. The van der Waals surface area contributed by atoms with Crippen LogP contribution in [0.4, 0.5) is 42.4 Å². The summed E-state index contributed by atoms with van der Waals surface area (Å²) in [6.07, 6.45) is -2.80. The number of halogens is 6. The number of piperazine rings is 1. The molecule has 2 unspecified atom stereocenters. The lowest BCUT2D eigenvalue weighted by atomic mass is 9.93. The number of alkyl halides is 3. The third kappa shape index (κ3) is 12.6. The van der Waals surface area contributed by atoms with Gasteiger partial charge < -0.3 is 28.6 Å². The van der Waals surface area contributed by atoms with Crippen molar-refractivity contribution in [2.45, 2.75) is 142 Å². The number of fused-ring (bicyclic) bond motifs is 4. The van der Waals surface area contributed by atoms with Gasteiger partial charge in [-0.25, -0.2) is 18.4 Å². The molecule has 3 aliphatic rings. The van der Waals surface area contributed by atoms with Gasteiger partial charge in [0.2, 0.25) is 0 Å². The molecule has 2 aromatic heterocycles. The second-order valence-corrected chi connectivity index (χ2v) is 22.7. The zero-order valence-electron chi connectivity index (χ0n) is 40.3. The molecule has 0 aliphatic carbocycles. The fourth-order valence-corrected chi connectivity index (χ4v) is 11.3. The first-order valence-corrected chi connectivity index (χ1v) is 25.0. The monoisotopic (exact) mass is 1100 g/mol. The van der Waals surface area contributed by atoms with Crippen molar-refractivity contribution in [2.75, 3.05) is 56.2 Å². The Morgan fingerprint density at radius 3 is 2.19 bits per heavy atom. The van der Waals surface area contributed by atoms with Crippen LogP contribution in [0, 0.1) is 15.2 Å². The lowest BCUT2D eigenvalue weighted by Gasteiger charge is -2.42.